The number of aliphatic hydroxyl groups is 1. The van der Waals surface area contributed by atoms with Crippen LogP contribution >= 0.6 is 0 Å². The Morgan fingerprint density at radius 2 is 2.00 bits per heavy atom. The van der Waals surface area contributed by atoms with E-state index < -0.39 is 0 Å². The first-order chi connectivity index (χ1) is 12.2. The number of nitrogen functional groups attached to an aromatic ring is 1. The van der Waals surface area contributed by atoms with Crippen molar-refractivity contribution in [2.24, 2.45) is 10.9 Å². The van der Waals surface area contributed by atoms with Crippen LogP contribution in [0.3, 0.4) is 0 Å². The molecule has 25 heavy (non-hydrogen) atoms. The molecule has 5 heteroatoms. The summed E-state index contributed by atoms with van der Waals surface area (Å²) in [6.45, 7) is 3.66. The number of aliphatic hydroxyl groups excluding tert-OH is 1. The van der Waals surface area contributed by atoms with Crippen LogP contribution in [0.1, 0.15) is 17.7 Å². The van der Waals surface area contributed by atoms with Crippen LogP contribution in [-0.4, -0.2) is 46.9 Å². The Kier molecular flexibility index (Phi) is 6.14. The molecular weight excluding hydrogens is 312 g/mol. The lowest BCUT2D eigenvalue weighted by molar-refractivity contribution is 0.291. The van der Waals surface area contributed by atoms with Gasteiger partial charge in [0.25, 0.3) is 0 Å². The SMILES string of the molecule is Nc1cccc(C[C@H]2CN(Cc3ccccc3)CC2=NCCCO)n1. The van der Waals surface area contributed by atoms with Crippen molar-refractivity contribution in [1.29, 1.82) is 0 Å². The predicted molar refractivity (Wildman–Crippen MR) is 102 cm³/mol. The minimum Gasteiger partial charge on any atom is -0.396 e. The molecule has 5 nitrogen and oxygen atoms in total. The quantitative estimate of drug-likeness (QED) is 0.759. The molecule has 1 atom stereocenters. The number of nitrogens with two attached hydrogens (primary N) is 1. The van der Waals surface area contributed by atoms with E-state index in [0.717, 1.165) is 31.7 Å². The van der Waals surface area contributed by atoms with Gasteiger partial charge in [0.1, 0.15) is 5.82 Å². The highest BCUT2D eigenvalue weighted by molar-refractivity contribution is 5.91. The van der Waals surface area contributed by atoms with Crippen molar-refractivity contribution in [3.8, 4) is 0 Å². The second-order valence-corrected chi connectivity index (χ2v) is 6.56. The van der Waals surface area contributed by atoms with E-state index in [2.05, 4.69) is 34.1 Å². The van der Waals surface area contributed by atoms with Crippen LogP contribution in [0.2, 0.25) is 0 Å². The Labute approximate surface area is 149 Å². The van der Waals surface area contributed by atoms with Crippen LogP contribution in [0.5, 0.6) is 0 Å². The summed E-state index contributed by atoms with van der Waals surface area (Å²) in [5.74, 6) is 0.923. The van der Waals surface area contributed by atoms with Crippen molar-refractivity contribution in [1.82, 2.24) is 9.88 Å². The molecule has 0 radical (unpaired) electrons. The zero-order valence-electron chi connectivity index (χ0n) is 14.5. The number of rotatable bonds is 7. The van der Waals surface area contributed by atoms with Gasteiger partial charge in [-0.25, -0.2) is 4.98 Å². The first-order valence-corrected chi connectivity index (χ1v) is 8.86. The predicted octanol–water partition coefficient (Wildman–Crippen LogP) is 2.16. The van der Waals surface area contributed by atoms with E-state index >= 15 is 0 Å². The van der Waals surface area contributed by atoms with E-state index in [9.17, 15) is 0 Å². The zero-order valence-corrected chi connectivity index (χ0v) is 14.5. The molecule has 1 aromatic heterocycles. The smallest absolute Gasteiger partial charge is 0.123 e. The maximum absolute atomic E-state index is 9.02. The lowest BCUT2D eigenvalue weighted by Crippen LogP contribution is -2.20. The third-order valence-electron chi connectivity index (χ3n) is 4.50. The maximum Gasteiger partial charge on any atom is 0.123 e. The van der Waals surface area contributed by atoms with Crippen molar-refractivity contribution < 1.29 is 5.11 Å². The van der Waals surface area contributed by atoms with Crippen molar-refractivity contribution in [2.75, 3.05) is 32.0 Å². The summed E-state index contributed by atoms with van der Waals surface area (Å²) in [7, 11) is 0. The van der Waals surface area contributed by atoms with Crippen LogP contribution in [-0.2, 0) is 13.0 Å². The molecular formula is C20H26N4O. The maximum atomic E-state index is 9.02. The fraction of sp³-hybridized carbons (Fsp3) is 0.400. The Bertz CT molecular complexity index is 702. The number of likely N-dealkylation sites (tertiary alicyclic amines) is 1. The second-order valence-electron chi connectivity index (χ2n) is 6.56. The third kappa shape index (κ3) is 5.11. The molecule has 0 bridgehead atoms. The fourth-order valence-electron chi connectivity index (χ4n) is 3.32. The lowest BCUT2D eigenvalue weighted by atomic mass is 10.00. The van der Waals surface area contributed by atoms with E-state index in [1.54, 1.807) is 0 Å². The average Bonchev–Trinajstić information content (AvgIpc) is 2.97. The lowest BCUT2D eigenvalue weighted by Gasteiger charge is -2.15. The van der Waals surface area contributed by atoms with Gasteiger partial charge in [-0.3, -0.25) is 9.89 Å². The number of hydrogen-bond acceptors (Lipinski definition) is 5. The highest BCUT2D eigenvalue weighted by Crippen LogP contribution is 2.21. The third-order valence-corrected chi connectivity index (χ3v) is 4.50. The van der Waals surface area contributed by atoms with E-state index in [0.29, 0.717) is 24.7 Å². The molecule has 2 aromatic rings. The molecule has 132 valence electrons. The van der Waals surface area contributed by atoms with E-state index in [-0.39, 0.29) is 6.61 Å². The summed E-state index contributed by atoms with van der Waals surface area (Å²) < 4.78 is 0. The van der Waals surface area contributed by atoms with Crippen molar-refractivity contribution in [3.05, 3.63) is 59.8 Å². The van der Waals surface area contributed by atoms with Crippen LogP contribution in [0, 0.1) is 5.92 Å². The van der Waals surface area contributed by atoms with Crippen molar-refractivity contribution >= 4 is 11.5 Å². The summed E-state index contributed by atoms with van der Waals surface area (Å²) in [4.78, 5) is 11.6. The molecule has 3 rings (SSSR count). The van der Waals surface area contributed by atoms with Crippen LogP contribution < -0.4 is 5.73 Å². The number of aliphatic imine (C=N–C) groups is 1. The molecule has 3 N–H and O–H groups in total. The van der Waals surface area contributed by atoms with Crippen molar-refractivity contribution in [2.45, 2.75) is 19.4 Å². The Balaban J connectivity index is 1.70. The van der Waals surface area contributed by atoms with Crippen LogP contribution in [0.15, 0.2) is 53.5 Å². The minimum absolute atomic E-state index is 0.186. The molecule has 2 heterocycles. The monoisotopic (exact) mass is 338 g/mol. The van der Waals surface area contributed by atoms with Gasteiger partial charge in [-0.05, 0) is 30.5 Å². The molecule has 0 spiro atoms. The highest BCUT2D eigenvalue weighted by Gasteiger charge is 2.29. The van der Waals surface area contributed by atoms with Crippen molar-refractivity contribution in [3.63, 3.8) is 0 Å². The summed E-state index contributed by atoms with van der Waals surface area (Å²) in [5, 5.41) is 9.02. The van der Waals surface area contributed by atoms with Gasteiger partial charge in [-0.2, -0.15) is 0 Å². The minimum atomic E-state index is 0.186. The topological polar surface area (TPSA) is 74.7 Å². The van der Waals surface area contributed by atoms with E-state index in [4.69, 9.17) is 15.8 Å². The summed E-state index contributed by atoms with van der Waals surface area (Å²) in [6.07, 6.45) is 1.57. The zero-order chi connectivity index (χ0) is 17.5. The first-order valence-electron chi connectivity index (χ1n) is 8.86. The molecule has 0 amide bonds. The number of aromatic nitrogens is 1. The molecule has 1 aliphatic heterocycles. The average molecular weight is 338 g/mol. The van der Waals surface area contributed by atoms with Gasteiger partial charge in [0.2, 0.25) is 0 Å². The van der Waals surface area contributed by atoms with Crippen LogP contribution in [0.4, 0.5) is 5.82 Å². The number of anilines is 1. The summed E-state index contributed by atoms with van der Waals surface area (Å²) >= 11 is 0. The molecule has 0 unspecified atom stereocenters. The molecule has 1 saturated heterocycles. The van der Waals surface area contributed by atoms with Gasteiger partial charge < -0.3 is 10.8 Å². The fourth-order valence-corrected chi connectivity index (χ4v) is 3.32. The largest absolute Gasteiger partial charge is 0.396 e. The van der Waals surface area contributed by atoms with Gasteiger partial charge in [0.15, 0.2) is 0 Å². The Morgan fingerprint density at radius 3 is 2.76 bits per heavy atom. The molecule has 1 aromatic carbocycles. The highest BCUT2D eigenvalue weighted by atomic mass is 16.3. The molecule has 1 aliphatic rings. The Morgan fingerprint density at radius 1 is 1.16 bits per heavy atom. The van der Waals surface area contributed by atoms with Crippen LogP contribution in [0.25, 0.3) is 0 Å². The summed E-state index contributed by atoms with van der Waals surface area (Å²) in [5.41, 5.74) is 9.37. The van der Waals surface area contributed by atoms with Gasteiger partial charge >= 0.3 is 0 Å². The molecule has 0 aliphatic carbocycles. The number of nitrogens with zero attached hydrogens (tertiary/aromatic N) is 3. The van der Waals surface area contributed by atoms with E-state index in [1.807, 2.05) is 24.3 Å². The van der Waals surface area contributed by atoms with Gasteiger partial charge in [0, 0.05) is 50.1 Å². The summed E-state index contributed by atoms with van der Waals surface area (Å²) in [6, 6.07) is 16.3. The Hall–Kier alpha value is -2.24. The van der Waals surface area contributed by atoms with Gasteiger partial charge in [0.05, 0.1) is 0 Å². The molecule has 0 saturated carbocycles. The first kappa shape index (κ1) is 17.6. The van der Waals surface area contributed by atoms with Gasteiger partial charge in [-0.15, -0.1) is 0 Å². The van der Waals surface area contributed by atoms with Gasteiger partial charge in [-0.1, -0.05) is 36.4 Å². The van der Waals surface area contributed by atoms with E-state index in [1.165, 1.54) is 11.3 Å². The number of benzene rings is 1. The normalized spacial score (nSPS) is 19.6. The number of hydrogen-bond donors (Lipinski definition) is 2. The second kappa shape index (κ2) is 8.74. The number of pyridine rings is 1. The standard InChI is InChI=1S/C20H26N4O/c21-20-9-4-8-18(23-20)12-17-14-24(13-16-6-2-1-3-7-16)15-19(17)22-10-5-11-25/h1-4,6-9,17,25H,5,10-15H2,(H2,21,23)/t17-/m0/s1. The molecule has 1 fully saturated rings.